The van der Waals surface area contributed by atoms with Crippen LogP contribution >= 0.6 is 11.6 Å². The molecule has 2 aromatic rings. The summed E-state index contributed by atoms with van der Waals surface area (Å²) in [5, 5.41) is 12.4. The summed E-state index contributed by atoms with van der Waals surface area (Å²) in [5.41, 5.74) is 1.28. The van der Waals surface area contributed by atoms with Crippen molar-refractivity contribution in [3.05, 3.63) is 29.2 Å². The van der Waals surface area contributed by atoms with E-state index < -0.39 is 0 Å². The van der Waals surface area contributed by atoms with Gasteiger partial charge in [0.25, 0.3) is 0 Å². The fourth-order valence-electron chi connectivity index (χ4n) is 2.93. The molecule has 3 heterocycles. The van der Waals surface area contributed by atoms with E-state index in [0.29, 0.717) is 17.6 Å². The normalized spacial score (nSPS) is 25.9. The first-order valence-corrected chi connectivity index (χ1v) is 7.42. The van der Waals surface area contributed by atoms with Gasteiger partial charge in [0, 0.05) is 24.3 Å². The van der Waals surface area contributed by atoms with E-state index in [-0.39, 0.29) is 12.1 Å². The van der Waals surface area contributed by atoms with Gasteiger partial charge in [-0.25, -0.2) is 9.97 Å². The molecule has 4 rings (SSSR count). The molecular weight excluding hydrogens is 274 g/mol. The fourth-order valence-corrected chi connectivity index (χ4v) is 3.09. The fraction of sp³-hybridized carbons (Fsp3) is 0.467. The van der Waals surface area contributed by atoms with Gasteiger partial charge in [0.15, 0.2) is 0 Å². The SMILES string of the molecule is C[C@@H]1[C@@H](O)CN1c1ncc(C2CC2)c2cc(Cl)ncc12. The largest absolute Gasteiger partial charge is 0.389 e. The van der Waals surface area contributed by atoms with Crippen molar-refractivity contribution in [2.24, 2.45) is 0 Å². The van der Waals surface area contributed by atoms with Gasteiger partial charge >= 0.3 is 0 Å². The molecule has 2 atom stereocenters. The van der Waals surface area contributed by atoms with Gasteiger partial charge in [-0.1, -0.05) is 11.6 Å². The zero-order chi connectivity index (χ0) is 13.9. The lowest BCUT2D eigenvalue weighted by Crippen LogP contribution is -2.59. The molecular formula is C15H16ClN3O. The van der Waals surface area contributed by atoms with E-state index in [9.17, 15) is 5.11 Å². The number of halogens is 1. The second kappa shape index (κ2) is 4.30. The maximum absolute atomic E-state index is 9.71. The summed E-state index contributed by atoms with van der Waals surface area (Å²) in [6, 6.07) is 2.05. The third-order valence-electron chi connectivity index (χ3n) is 4.47. The first-order chi connectivity index (χ1) is 9.65. The summed E-state index contributed by atoms with van der Waals surface area (Å²) in [5.74, 6) is 1.53. The maximum atomic E-state index is 9.71. The molecule has 0 aromatic carbocycles. The van der Waals surface area contributed by atoms with Crippen LogP contribution in [0.2, 0.25) is 5.15 Å². The van der Waals surface area contributed by atoms with E-state index in [1.165, 1.54) is 18.4 Å². The number of β-amino-alcohol motifs (C(OH)–C–C–N with tert-alkyl or cyclic N) is 1. The molecule has 1 aliphatic heterocycles. The van der Waals surface area contributed by atoms with Crippen LogP contribution in [-0.2, 0) is 0 Å². The van der Waals surface area contributed by atoms with Gasteiger partial charge in [0.2, 0.25) is 0 Å². The van der Waals surface area contributed by atoms with Crippen molar-refractivity contribution in [1.29, 1.82) is 0 Å². The number of rotatable bonds is 2. The minimum absolute atomic E-state index is 0.105. The van der Waals surface area contributed by atoms with Crippen molar-refractivity contribution in [1.82, 2.24) is 9.97 Å². The van der Waals surface area contributed by atoms with Crippen molar-refractivity contribution < 1.29 is 5.11 Å². The number of hydrogen-bond donors (Lipinski definition) is 1. The number of aromatic nitrogens is 2. The summed E-state index contributed by atoms with van der Waals surface area (Å²) in [4.78, 5) is 11.0. The second-order valence-electron chi connectivity index (χ2n) is 5.82. The molecule has 20 heavy (non-hydrogen) atoms. The van der Waals surface area contributed by atoms with Crippen LogP contribution < -0.4 is 4.90 Å². The number of aliphatic hydroxyl groups is 1. The molecule has 1 N–H and O–H groups in total. The van der Waals surface area contributed by atoms with Gasteiger partial charge in [-0.15, -0.1) is 0 Å². The van der Waals surface area contributed by atoms with Gasteiger partial charge in [-0.05, 0) is 42.7 Å². The van der Waals surface area contributed by atoms with Gasteiger partial charge in [0.1, 0.15) is 11.0 Å². The van der Waals surface area contributed by atoms with Crippen molar-refractivity contribution in [2.75, 3.05) is 11.4 Å². The predicted molar refractivity (Wildman–Crippen MR) is 79.3 cm³/mol. The Kier molecular flexibility index (Phi) is 2.66. The summed E-state index contributed by atoms with van der Waals surface area (Å²) in [6.45, 7) is 2.65. The van der Waals surface area contributed by atoms with E-state index in [4.69, 9.17) is 11.6 Å². The number of nitrogens with zero attached hydrogens (tertiary/aromatic N) is 3. The molecule has 2 fully saturated rings. The van der Waals surface area contributed by atoms with Crippen molar-refractivity contribution in [3.63, 3.8) is 0 Å². The highest BCUT2D eigenvalue weighted by molar-refractivity contribution is 6.30. The summed E-state index contributed by atoms with van der Waals surface area (Å²) in [7, 11) is 0. The van der Waals surface area contributed by atoms with Crippen LogP contribution in [-0.4, -0.2) is 33.8 Å². The van der Waals surface area contributed by atoms with E-state index in [1.54, 1.807) is 0 Å². The zero-order valence-electron chi connectivity index (χ0n) is 11.3. The van der Waals surface area contributed by atoms with E-state index in [0.717, 1.165) is 16.6 Å². The Morgan fingerprint density at radius 2 is 2.05 bits per heavy atom. The molecule has 104 valence electrons. The monoisotopic (exact) mass is 289 g/mol. The molecule has 0 amide bonds. The van der Waals surface area contributed by atoms with Crippen LogP contribution in [0.1, 0.15) is 31.2 Å². The molecule has 0 unspecified atom stereocenters. The Morgan fingerprint density at radius 3 is 2.70 bits per heavy atom. The van der Waals surface area contributed by atoms with Gasteiger partial charge in [-0.2, -0.15) is 0 Å². The van der Waals surface area contributed by atoms with Gasteiger partial charge in [0.05, 0.1) is 12.1 Å². The highest BCUT2D eigenvalue weighted by Gasteiger charge is 2.36. The van der Waals surface area contributed by atoms with E-state index >= 15 is 0 Å². The third kappa shape index (κ3) is 1.79. The highest BCUT2D eigenvalue weighted by Crippen LogP contribution is 2.44. The molecule has 0 bridgehead atoms. The van der Waals surface area contributed by atoms with Crippen molar-refractivity contribution in [2.45, 2.75) is 37.8 Å². The lowest BCUT2D eigenvalue weighted by molar-refractivity contribution is 0.0990. The minimum Gasteiger partial charge on any atom is -0.389 e. The van der Waals surface area contributed by atoms with Gasteiger partial charge in [-0.3, -0.25) is 0 Å². The molecule has 4 nitrogen and oxygen atoms in total. The molecule has 1 saturated heterocycles. The molecule has 2 aliphatic rings. The van der Waals surface area contributed by atoms with Crippen LogP contribution in [0.15, 0.2) is 18.5 Å². The second-order valence-corrected chi connectivity index (χ2v) is 6.21. The molecule has 1 saturated carbocycles. The first-order valence-electron chi connectivity index (χ1n) is 7.04. The zero-order valence-corrected chi connectivity index (χ0v) is 12.0. The quantitative estimate of drug-likeness (QED) is 0.864. The Hall–Kier alpha value is -1.39. The maximum Gasteiger partial charge on any atom is 0.138 e. The minimum atomic E-state index is -0.268. The number of aliphatic hydroxyl groups excluding tert-OH is 1. The molecule has 2 aromatic heterocycles. The average Bonchev–Trinajstić information content (AvgIpc) is 3.27. The van der Waals surface area contributed by atoms with E-state index in [2.05, 4.69) is 14.9 Å². The molecule has 5 heteroatoms. The number of hydrogen-bond acceptors (Lipinski definition) is 4. The third-order valence-corrected chi connectivity index (χ3v) is 4.68. The average molecular weight is 290 g/mol. The molecule has 0 radical (unpaired) electrons. The summed E-state index contributed by atoms with van der Waals surface area (Å²) >= 11 is 6.06. The Balaban J connectivity index is 1.88. The first kappa shape index (κ1) is 12.4. The summed E-state index contributed by atoms with van der Waals surface area (Å²) < 4.78 is 0. The van der Waals surface area contributed by atoms with Crippen LogP contribution in [0.25, 0.3) is 10.8 Å². The van der Waals surface area contributed by atoms with Crippen LogP contribution in [0, 0.1) is 0 Å². The standard InChI is InChI=1S/C15H16ClN3O/c1-8-13(20)7-19(8)15-12-6-17-14(16)4-10(12)11(5-18-15)9-2-3-9/h4-6,8-9,13,20H,2-3,7H2,1H3/t8-,13+/m1/s1. The smallest absolute Gasteiger partial charge is 0.138 e. The Bertz CT molecular complexity index is 686. The van der Waals surface area contributed by atoms with Crippen molar-refractivity contribution in [3.8, 4) is 0 Å². The van der Waals surface area contributed by atoms with Crippen LogP contribution in [0.3, 0.4) is 0 Å². The topological polar surface area (TPSA) is 49.2 Å². The lowest BCUT2D eigenvalue weighted by Gasteiger charge is -2.44. The van der Waals surface area contributed by atoms with Gasteiger partial charge < -0.3 is 10.0 Å². The number of anilines is 1. The number of fused-ring (bicyclic) bond motifs is 1. The predicted octanol–water partition coefficient (Wildman–Crippen LogP) is 2.73. The van der Waals surface area contributed by atoms with Crippen molar-refractivity contribution >= 4 is 28.2 Å². The molecule has 0 spiro atoms. The Labute approximate surface area is 122 Å². The summed E-state index contributed by atoms with van der Waals surface area (Å²) in [6.07, 6.45) is 5.98. The number of pyridine rings is 2. The Morgan fingerprint density at radius 1 is 1.25 bits per heavy atom. The van der Waals surface area contributed by atoms with Crippen LogP contribution in [0.4, 0.5) is 5.82 Å². The molecule has 1 aliphatic carbocycles. The highest BCUT2D eigenvalue weighted by atomic mass is 35.5. The van der Waals surface area contributed by atoms with E-state index in [1.807, 2.05) is 25.4 Å². The van der Waals surface area contributed by atoms with Crippen LogP contribution in [0.5, 0.6) is 0 Å². The lowest BCUT2D eigenvalue weighted by atomic mass is 9.99.